The molecule has 0 atom stereocenters. The normalized spacial score (nSPS) is 11.4. The van der Waals surface area contributed by atoms with E-state index in [0.29, 0.717) is 0 Å². The minimum atomic E-state index is -1.94. The first kappa shape index (κ1) is 19.8. The monoisotopic (exact) mass is 275 g/mol. The molecule has 0 aliphatic carbocycles. The van der Waals surface area contributed by atoms with Crippen LogP contribution in [-0.2, 0) is 13.6 Å². The molecule has 0 spiro atoms. The highest BCUT2D eigenvalue weighted by Gasteiger charge is 2.33. The molecule has 0 heterocycles. The van der Waals surface area contributed by atoms with Gasteiger partial charge in [0.05, 0.1) is 0 Å². The molecule has 0 saturated carbocycles. The zero-order valence-electron chi connectivity index (χ0n) is 12.9. The Morgan fingerprint density at radius 3 is 1.61 bits per heavy atom. The lowest BCUT2D eigenvalue weighted by molar-refractivity contribution is 0.108. The van der Waals surface area contributed by atoms with Gasteiger partial charge in [0, 0.05) is 12.2 Å². The number of hydrogen-bond donors (Lipinski definition) is 1. The van der Waals surface area contributed by atoms with E-state index in [9.17, 15) is 0 Å². The van der Waals surface area contributed by atoms with Gasteiger partial charge in [-0.3, -0.25) is 0 Å². The van der Waals surface area contributed by atoms with Gasteiger partial charge in [0.25, 0.3) is 0 Å². The molecule has 0 fully saturated rings. The fourth-order valence-corrected chi connectivity index (χ4v) is 5.08. The summed E-state index contributed by atoms with van der Waals surface area (Å²) in [6.07, 6.45) is 2.49. The van der Waals surface area contributed by atoms with Crippen molar-refractivity contribution in [3.8, 4) is 0 Å². The van der Waals surface area contributed by atoms with E-state index in [0.717, 1.165) is 18.0 Å². The van der Waals surface area contributed by atoms with Crippen molar-refractivity contribution >= 4 is 14.6 Å². The molecule has 18 heavy (non-hydrogen) atoms. The van der Waals surface area contributed by atoms with E-state index in [-0.39, 0.29) is 12.2 Å². The van der Waals surface area contributed by atoms with Crippen LogP contribution in [0.25, 0.3) is 0 Å². The summed E-state index contributed by atoms with van der Waals surface area (Å²) < 4.78 is 12.0. The van der Waals surface area contributed by atoms with Crippen LogP contribution in [0.1, 0.15) is 48.0 Å². The summed E-state index contributed by atoms with van der Waals surface area (Å²) >= 11 is 0. The Kier molecular flexibility index (Phi) is 11.5. The quantitative estimate of drug-likeness (QED) is 0.436. The molecule has 5 heteroatoms. The summed E-state index contributed by atoms with van der Waals surface area (Å²) in [6.45, 7) is 15.0. The second-order valence-corrected chi connectivity index (χ2v) is 8.74. The van der Waals surface area contributed by atoms with Crippen LogP contribution in [0, 0.1) is 11.3 Å². The number of isocyanates is 1. The zero-order chi connectivity index (χ0) is 14.8. The number of carbonyl (C=O) groups excluding carboxylic acids is 1. The highest BCUT2D eigenvalue weighted by molar-refractivity contribution is 6.66. The average molecular weight is 275 g/mol. The van der Waals surface area contributed by atoms with Gasteiger partial charge in [0.2, 0.25) is 6.08 Å². The first-order chi connectivity index (χ1) is 8.16. The molecule has 0 unspecified atom stereocenters. The molecule has 0 amide bonds. The minimum Gasteiger partial charge on any atom is -0.392 e. The summed E-state index contributed by atoms with van der Waals surface area (Å²) in [4.78, 5) is 8.35. The standard InChI is InChI=1S/C12H28O2Si.CHNO/c1-10(2)8-9-15(7,13-11(3)4)14-12(5)6;2-1-3/h10-12H,8-9H2,1-7H3;2H. The maximum atomic E-state index is 8.35. The van der Waals surface area contributed by atoms with Gasteiger partial charge in [-0.05, 0) is 52.6 Å². The van der Waals surface area contributed by atoms with Crippen molar-refractivity contribution in [2.75, 3.05) is 0 Å². The lowest BCUT2D eigenvalue weighted by Gasteiger charge is -2.31. The van der Waals surface area contributed by atoms with Crippen LogP contribution in [0.2, 0.25) is 12.6 Å². The van der Waals surface area contributed by atoms with Crippen LogP contribution in [0.4, 0.5) is 0 Å². The minimum absolute atomic E-state index is 0.271. The van der Waals surface area contributed by atoms with E-state index in [1.165, 1.54) is 6.42 Å². The van der Waals surface area contributed by atoms with Gasteiger partial charge >= 0.3 is 8.56 Å². The Bertz CT molecular complexity index is 226. The highest BCUT2D eigenvalue weighted by Crippen LogP contribution is 2.22. The van der Waals surface area contributed by atoms with Crippen LogP contribution < -0.4 is 0 Å². The first-order valence-corrected chi connectivity index (χ1v) is 9.08. The van der Waals surface area contributed by atoms with Gasteiger partial charge in [-0.15, -0.1) is 0 Å². The topological polar surface area (TPSA) is 59.4 Å². The molecule has 4 nitrogen and oxygen atoms in total. The third kappa shape index (κ3) is 13.6. The van der Waals surface area contributed by atoms with E-state index in [4.69, 9.17) is 19.1 Å². The summed E-state index contributed by atoms with van der Waals surface area (Å²) in [5.74, 6) is 0.725. The Morgan fingerprint density at radius 1 is 1.06 bits per heavy atom. The van der Waals surface area contributed by atoms with Gasteiger partial charge in [-0.2, -0.15) is 0 Å². The molecule has 108 valence electrons. The van der Waals surface area contributed by atoms with Crippen LogP contribution in [-0.4, -0.2) is 26.8 Å². The zero-order valence-corrected chi connectivity index (χ0v) is 13.9. The molecule has 0 aromatic rings. The predicted octanol–water partition coefficient (Wildman–Crippen LogP) is 3.86. The van der Waals surface area contributed by atoms with Gasteiger partial charge < -0.3 is 8.85 Å². The lowest BCUT2D eigenvalue weighted by atomic mass is 10.2. The Balaban J connectivity index is 0. The van der Waals surface area contributed by atoms with Gasteiger partial charge in [-0.25, -0.2) is 10.2 Å². The van der Waals surface area contributed by atoms with E-state index in [2.05, 4.69) is 48.1 Å². The number of hydrogen-bond acceptors (Lipinski definition) is 4. The third-order valence-electron chi connectivity index (χ3n) is 2.15. The molecule has 0 aromatic carbocycles. The van der Waals surface area contributed by atoms with Crippen LogP contribution in [0.3, 0.4) is 0 Å². The Labute approximate surface area is 113 Å². The average Bonchev–Trinajstić information content (AvgIpc) is 2.13. The molecule has 0 aliphatic heterocycles. The van der Waals surface area contributed by atoms with Crippen LogP contribution in [0.5, 0.6) is 0 Å². The predicted molar refractivity (Wildman–Crippen MR) is 76.7 cm³/mol. The van der Waals surface area contributed by atoms with Crippen molar-refractivity contribution in [1.82, 2.24) is 0 Å². The maximum Gasteiger partial charge on any atom is 0.335 e. The summed E-state index contributed by atoms with van der Waals surface area (Å²) in [5.41, 5.74) is 0. The fraction of sp³-hybridized carbons (Fsp3) is 0.923. The Morgan fingerprint density at radius 2 is 1.39 bits per heavy atom. The van der Waals surface area contributed by atoms with E-state index in [1.807, 2.05) is 0 Å². The smallest absolute Gasteiger partial charge is 0.335 e. The SMILES string of the molecule is CC(C)CC[Si](C)(OC(C)C)OC(C)C.N=C=O. The lowest BCUT2D eigenvalue weighted by Crippen LogP contribution is -2.43. The summed E-state index contributed by atoms with van der Waals surface area (Å²) in [6, 6.07) is 1.10. The molecule has 0 saturated heterocycles. The molecular formula is C13H29NO3Si. The Hall–Kier alpha value is -0.483. The van der Waals surface area contributed by atoms with E-state index in [1.54, 1.807) is 0 Å². The van der Waals surface area contributed by atoms with E-state index < -0.39 is 8.56 Å². The highest BCUT2D eigenvalue weighted by atomic mass is 28.4. The molecule has 0 bridgehead atoms. The van der Waals surface area contributed by atoms with Crippen molar-refractivity contribution in [3.63, 3.8) is 0 Å². The molecule has 0 aromatic heterocycles. The van der Waals surface area contributed by atoms with Crippen molar-refractivity contribution in [2.24, 2.45) is 5.92 Å². The molecule has 0 rings (SSSR count). The van der Waals surface area contributed by atoms with Crippen molar-refractivity contribution in [2.45, 2.75) is 72.8 Å². The molecular weight excluding hydrogens is 246 g/mol. The van der Waals surface area contributed by atoms with E-state index >= 15 is 0 Å². The second-order valence-electron chi connectivity index (χ2n) is 5.50. The summed E-state index contributed by atoms with van der Waals surface area (Å²) in [7, 11) is -1.94. The van der Waals surface area contributed by atoms with Crippen LogP contribution in [0.15, 0.2) is 0 Å². The molecule has 0 radical (unpaired) electrons. The molecule has 0 aliphatic rings. The maximum absolute atomic E-state index is 8.35. The first-order valence-electron chi connectivity index (χ1n) is 6.56. The van der Waals surface area contributed by atoms with Gasteiger partial charge in [0.15, 0.2) is 0 Å². The summed E-state index contributed by atoms with van der Waals surface area (Å²) in [5, 5.41) is 5.40. The third-order valence-corrected chi connectivity index (χ3v) is 5.28. The van der Waals surface area contributed by atoms with Crippen molar-refractivity contribution in [1.29, 1.82) is 5.41 Å². The fourth-order valence-electron chi connectivity index (χ4n) is 1.69. The second kappa shape index (κ2) is 10.4. The number of nitrogens with one attached hydrogen (secondary N) is 1. The van der Waals surface area contributed by atoms with Crippen LogP contribution >= 0.6 is 0 Å². The molecule has 1 N–H and O–H groups in total. The van der Waals surface area contributed by atoms with Crippen molar-refractivity contribution < 1.29 is 13.6 Å². The van der Waals surface area contributed by atoms with Gasteiger partial charge in [-0.1, -0.05) is 13.8 Å². The van der Waals surface area contributed by atoms with Crippen molar-refractivity contribution in [3.05, 3.63) is 0 Å². The largest absolute Gasteiger partial charge is 0.392 e. The number of rotatable bonds is 7. The van der Waals surface area contributed by atoms with Gasteiger partial charge in [0.1, 0.15) is 0 Å².